The summed E-state index contributed by atoms with van der Waals surface area (Å²) in [6, 6.07) is 0.118. The molecule has 1 aliphatic heterocycles. The zero-order valence-electron chi connectivity index (χ0n) is 12.9. The highest BCUT2D eigenvalue weighted by Gasteiger charge is 2.29. The molecule has 6 nitrogen and oxygen atoms in total. The molecule has 1 saturated heterocycles. The van der Waals surface area contributed by atoms with Crippen molar-refractivity contribution in [1.29, 1.82) is 0 Å². The highest BCUT2D eigenvalue weighted by Crippen LogP contribution is 2.29. The summed E-state index contributed by atoms with van der Waals surface area (Å²) in [6.07, 6.45) is 6.23. The molecule has 24 heavy (non-hydrogen) atoms. The Balaban J connectivity index is 0.00000144. The first-order valence-electron chi connectivity index (χ1n) is 7.10. The number of carbonyl (C=O) groups is 1. The van der Waals surface area contributed by atoms with Gasteiger partial charge in [0.1, 0.15) is 5.69 Å². The van der Waals surface area contributed by atoms with E-state index in [2.05, 4.69) is 20.6 Å². The lowest BCUT2D eigenvalue weighted by Gasteiger charge is -2.33. The summed E-state index contributed by atoms with van der Waals surface area (Å²) in [4.78, 5) is 19.5. The number of rotatable bonds is 3. The van der Waals surface area contributed by atoms with Crippen LogP contribution in [0.1, 0.15) is 28.6 Å². The van der Waals surface area contributed by atoms with Crippen molar-refractivity contribution in [3.05, 3.63) is 40.2 Å². The average Bonchev–Trinajstić information content (AvgIpc) is 3.13. The summed E-state index contributed by atoms with van der Waals surface area (Å²) in [5, 5.41) is 7.05. The summed E-state index contributed by atoms with van der Waals surface area (Å²) in [5.41, 5.74) is 1.00. The Bertz CT molecular complexity index is 673. The number of amides is 1. The maximum atomic E-state index is 12.5. The third kappa shape index (κ3) is 4.18. The monoisotopic (exact) mass is 413 g/mol. The van der Waals surface area contributed by atoms with Crippen LogP contribution in [0, 0.1) is 6.92 Å². The van der Waals surface area contributed by atoms with Crippen LogP contribution in [0.15, 0.2) is 18.7 Å². The Hall–Kier alpha value is -0.920. The zero-order valence-corrected chi connectivity index (χ0v) is 16.0. The quantitative estimate of drug-likeness (QED) is 0.722. The Morgan fingerprint density at radius 3 is 2.71 bits per heavy atom. The van der Waals surface area contributed by atoms with Gasteiger partial charge in [-0.1, -0.05) is 23.2 Å². The number of aromatic amines is 1. The summed E-state index contributed by atoms with van der Waals surface area (Å²) in [7, 11) is 0. The van der Waals surface area contributed by atoms with Gasteiger partial charge in [-0.3, -0.25) is 4.79 Å². The van der Waals surface area contributed by atoms with Gasteiger partial charge < -0.3 is 20.2 Å². The number of H-pyrrole nitrogens is 1. The molecular weight excluding hydrogens is 396 g/mol. The first-order chi connectivity index (χ1) is 10.6. The number of hydrogen-bond donors (Lipinski definition) is 3. The van der Waals surface area contributed by atoms with E-state index in [1.165, 1.54) is 0 Å². The Labute approximate surface area is 162 Å². The first-order valence-corrected chi connectivity index (χ1v) is 7.86. The fourth-order valence-corrected chi connectivity index (χ4v) is 3.17. The third-order valence-electron chi connectivity index (χ3n) is 3.96. The number of carbonyl (C=O) groups excluding carboxylic acids is 1. The van der Waals surface area contributed by atoms with Crippen LogP contribution in [0.2, 0.25) is 10.0 Å². The van der Waals surface area contributed by atoms with Gasteiger partial charge in [0.2, 0.25) is 0 Å². The number of hydrogen-bond acceptors (Lipinski definition) is 3. The molecule has 1 fully saturated rings. The van der Waals surface area contributed by atoms with Crippen molar-refractivity contribution in [2.75, 3.05) is 13.1 Å². The van der Waals surface area contributed by atoms with Gasteiger partial charge in [-0.15, -0.1) is 24.8 Å². The number of nitrogens with one attached hydrogen (secondary N) is 3. The molecule has 3 heterocycles. The second-order valence-electron chi connectivity index (χ2n) is 5.40. The lowest BCUT2D eigenvalue weighted by atomic mass is 10.0. The van der Waals surface area contributed by atoms with Gasteiger partial charge in [-0.05, 0) is 19.9 Å². The van der Waals surface area contributed by atoms with E-state index < -0.39 is 0 Å². The van der Waals surface area contributed by atoms with Gasteiger partial charge >= 0.3 is 0 Å². The van der Waals surface area contributed by atoms with Crippen LogP contribution in [-0.2, 0) is 0 Å². The number of nitrogens with zero attached hydrogens (tertiary/aromatic N) is 2. The SMILES string of the molecule is Cc1[nH]c(C(=O)N[C@H]2CCNC[C@H]2n2ccnc2)c(Cl)c1Cl.Cl.Cl. The molecule has 0 aliphatic carbocycles. The minimum Gasteiger partial charge on any atom is -0.352 e. The molecule has 0 radical (unpaired) electrons. The van der Waals surface area contributed by atoms with E-state index in [0.29, 0.717) is 16.4 Å². The topological polar surface area (TPSA) is 74.7 Å². The van der Waals surface area contributed by atoms with E-state index in [1.807, 2.05) is 10.8 Å². The molecule has 0 unspecified atom stereocenters. The van der Waals surface area contributed by atoms with Crippen molar-refractivity contribution in [3.63, 3.8) is 0 Å². The number of imidazole rings is 1. The first kappa shape index (κ1) is 21.1. The largest absolute Gasteiger partial charge is 0.352 e. The number of aromatic nitrogens is 3. The van der Waals surface area contributed by atoms with Gasteiger partial charge in [0.15, 0.2) is 0 Å². The molecule has 2 aromatic heterocycles. The number of piperidine rings is 1. The fourth-order valence-electron chi connectivity index (χ4n) is 2.76. The standard InChI is InChI=1S/C14H17Cl2N5O.2ClH/c1-8-11(15)12(16)13(19-8)14(22)20-9-2-3-17-6-10(9)21-5-4-18-7-21;;/h4-5,7,9-10,17,19H,2-3,6H2,1H3,(H,20,22);2*1H/t9-,10+;;/m0../s1. The number of aryl methyl sites for hydroxylation is 1. The molecule has 0 aromatic carbocycles. The lowest BCUT2D eigenvalue weighted by Crippen LogP contribution is -2.50. The van der Waals surface area contributed by atoms with Crippen LogP contribution in [-0.4, -0.2) is 39.6 Å². The Kier molecular flexibility index (Phi) is 7.89. The molecule has 1 aliphatic rings. The van der Waals surface area contributed by atoms with Crippen molar-refractivity contribution < 1.29 is 4.79 Å². The van der Waals surface area contributed by atoms with Crippen LogP contribution in [0.4, 0.5) is 0 Å². The molecule has 3 rings (SSSR count). The molecular formula is C14H19Cl4N5O. The molecule has 2 atom stereocenters. The van der Waals surface area contributed by atoms with Gasteiger partial charge in [0.05, 0.1) is 28.5 Å². The molecule has 134 valence electrons. The van der Waals surface area contributed by atoms with E-state index in [9.17, 15) is 4.79 Å². The van der Waals surface area contributed by atoms with Crippen LogP contribution >= 0.6 is 48.0 Å². The second kappa shape index (κ2) is 8.97. The van der Waals surface area contributed by atoms with Crippen molar-refractivity contribution >= 4 is 53.9 Å². The van der Waals surface area contributed by atoms with Crippen LogP contribution in [0.3, 0.4) is 0 Å². The van der Waals surface area contributed by atoms with Gasteiger partial charge in [0.25, 0.3) is 5.91 Å². The van der Waals surface area contributed by atoms with E-state index in [1.54, 1.807) is 19.4 Å². The second-order valence-corrected chi connectivity index (χ2v) is 6.16. The van der Waals surface area contributed by atoms with Gasteiger partial charge in [-0.25, -0.2) is 4.98 Å². The van der Waals surface area contributed by atoms with Crippen LogP contribution < -0.4 is 10.6 Å². The van der Waals surface area contributed by atoms with E-state index >= 15 is 0 Å². The van der Waals surface area contributed by atoms with Crippen molar-refractivity contribution in [2.24, 2.45) is 0 Å². The molecule has 0 bridgehead atoms. The molecule has 10 heteroatoms. The minimum absolute atomic E-state index is 0. The Morgan fingerprint density at radius 2 is 2.12 bits per heavy atom. The van der Waals surface area contributed by atoms with E-state index in [0.717, 1.165) is 19.5 Å². The maximum absolute atomic E-state index is 12.5. The normalized spacial score (nSPS) is 20.0. The lowest BCUT2D eigenvalue weighted by molar-refractivity contribution is 0.0908. The predicted molar refractivity (Wildman–Crippen MR) is 100 cm³/mol. The van der Waals surface area contributed by atoms with Crippen LogP contribution in [0.5, 0.6) is 0 Å². The van der Waals surface area contributed by atoms with Crippen LogP contribution in [0.25, 0.3) is 0 Å². The molecule has 0 saturated carbocycles. The summed E-state index contributed by atoms with van der Waals surface area (Å²) < 4.78 is 2.01. The summed E-state index contributed by atoms with van der Waals surface area (Å²) >= 11 is 12.1. The van der Waals surface area contributed by atoms with Gasteiger partial charge in [-0.2, -0.15) is 0 Å². The smallest absolute Gasteiger partial charge is 0.269 e. The fraction of sp³-hybridized carbons (Fsp3) is 0.429. The molecule has 1 amide bonds. The van der Waals surface area contributed by atoms with Crippen molar-refractivity contribution in [3.8, 4) is 0 Å². The zero-order chi connectivity index (χ0) is 15.7. The van der Waals surface area contributed by atoms with Crippen molar-refractivity contribution in [2.45, 2.75) is 25.4 Å². The highest BCUT2D eigenvalue weighted by atomic mass is 35.5. The third-order valence-corrected chi connectivity index (χ3v) is 4.90. The minimum atomic E-state index is -0.239. The number of halogens is 4. The summed E-state index contributed by atoms with van der Waals surface area (Å²) in [6.45, 7) is 3.41. The van der Waals surface area contributed by atoms with E-state index in [-0.39, 0.29) is 47.8 Å². The summed E-state index contributed by atoms with van der Waals surface area (Å²) in [5.74, 6) is -0.239. The molecule has 3 N–H and O–H groups in total. The van der Waals surface area contributed by atoms with Crippen molar-refractivity contribution in [1.82, 2.24) is 25.2 Å². The highest BCUT2D eigenvalue weighted by molar-refractivity contribution is 6.44. The Morgan fingerprint density at radius 1 is 1.38 bits per heavy atom. The average molecular weight is 415 g/mol. The molecule has 0 spiro atoms. The molecule has 2 aromatic rings. The maximum Gasteiger partial charge on any atom is 0.269 e. The van der Waals surface area contributed by atoms with Gasteiger partial charge in [0, 0.05) is 24.6 Å². The predicted octanol–water partition coefficient (Wildman–Crippen LogP) is 3.00. The van der Waals surface area contributed by atoms with E-state index in [4.69, 9.17) is 23.2 Å².